The minimum Gasteiger partial charge on any atom is -0.486 e. The summed E-state index contributed by atoms with van der Waals surface area (Å²) in [4.78, 5) is 30.1. The summed E-state index contributed by atoms with van der Waals surface area (Å²) >= 11 is 0. The summed E-state index contributed by atoms with van der Waals surface area (Å²) in [5, 5.41) is 11.7. The van der Waals surface area contributed by atoms with E-state index in [9.17, 15) is 9.59 Å². The quantitative estimate of drug-likeness (QED) is 0.365. The standard InChI is InChI=1S/C31H33N5O4/c1-21-9-5-6-12-24(21)30(31(38)32-22-10-3-2-4-11-22)36(23-15-16-27-28(19-23)40-18-17-39-27)29(37)20-35-26-14-8-7-13-25(26)33-34-35/h5-9,12-16,19,22,30H,2-4,10-11,17-18,20H2,1H3,(H,32,38)/t30-/m0/s1. The molecule has 9 heteroatoms. The molecule has 4 aromatic rings. The van der Waals surface area contributed by atoms with Gasteiger partial charge in [0.2, 0.25) is 11.8 Å². The summed E-state index contributed by atoms with van der Waals surface area (Å²) in [5.41, 5.74) is 3.69. The van der Waals surface area contributed by atoms with Crippen molar-refractivity contribution in [3.05, 3.63) is 77.9 Å². The maximum absolute atomic E-state index is 14.3. The second kappa shape index (κ2) is 11.4. The number of aromatic nitrogens is 3. The third-order valence-electron chi connectivity index (χ3n) is 7.72. The van der Waals surface area contributed by atoms with E-state index < -0.39 is 6.04 Å². The third-order valence-corrected chi connectivity index (χ3v) is 7.72. The van der Waals surface area contributed by atoms with Gasteiger partial charge >= 0.3 is 0 Å². The van der Waals surface area contributed by atoms with Gasteiger partial charge in [0, 0.05) is 17.8 Å². The summed E-state index contributed by atoms with van der Waals surface area (Å²) in [7, 11) is 0. The van der Waals surface area contributed by atoms with Crippen LogP contribution in [-0.2, 0) is 16.1 Å². The molecule has 206 valence electrons. The lowest BCUT2D eigenvalue weighted by molar-refractivity contribution is -0.127. The van der Waals surface area contributed by atoms with Gasteiger partial charge in [-0.1, -0.05) is 60.9 Å². The Morgan fingerprint density at radius 3 is 2.55 bits per heavy atom. The molecular weight excluding hydrogens is 506 g/mol. The van der Waals surface area contributed by atoms with Crippen molar-refractivity contribution < 1.29 is 19.1 Å². The van der Waals surface area contributed by atoms with E-state index in [0.29, 0.717) is 35.9 Å². The number of hydrogen-bond acceptors (Lipinski definition) is 6. The van der Waals surface area contributed by atoms with Crippen LogP contribution >= 0.6 is 0 Å². The average molecular weight is 540 g/mol. The van der Waals surface area contributed by atoms with Crippen LogP contribution in [0, 0.1) is 6.92 Å². The van der Waals surface area contributed by atoms with Crippen molar-refractivity contribution in [2.75, 3.05) is 18.1 Å². The van der Waals surface area contributed by atoms with Crippen molar-refractivity contribution in [1.82, 2.24) is 20.3 Å². The molecule has 2 amide bonds. The van der Waals surface area contributed by atoms with Gasteiger partial charge < -0.3 is 14.8 Å². The highest BCUT2D eigenvalue weighted by atomic mass is 16.6. The molecule has 1 N–H and O–H groups in total. The summed E-state index contributed by atoms with van der Waals surface area (Å²) in [5.74, 6) is 0.667. The Morgan fingerprint density at radius 2 is 1.73 bits per heavy atom. The third kappa shape index (κ3) is 5.23. The molecule has 1 atom stereocenters. The van der Waals surface area contributed by atoms with Crippen molar-refractivity contribution in [3.63, 3.8) is 0 Å². The number of carbonyl (C=O) groups is 2. The van der Waals surface area contributed by atoms with E-state index >= 15 is 0 Å². The zero-order valence-electron chi connectivity index (χ0n) is 22.6. The second-order valence-corrected chi connectivity index (χ2v) is 10.4. The fraction of sp³-hybridized carbons (Fsp3) is 0.355. The molecule has 0 unspecified atom stereocenters. The molecule has 2 heterocycles. The molecule has 40 heavy (non-hydrogen) atoms. The Bertz CT molecular complexity index is 1530. The maximum atomic E-state index is 14.3. The Morgan fingerprint density at radius 1 is 0.975 bits per heavy atom. The molecule has 3 aromatic carbocycles. The first-order valence-corrected chi connectivity index (χ1v) is 13.9. The number of fused-ring (bicyclic) bond motifs is 2. The van der Waals surface area contributed by atoms with Crippen molar-refractivity contribution in [2.45, 2.75) is 57.7 Å². The molecule has 0 radical (unpaired) electrons. The monoisotopic (exact) mass is 539 g/mol. The summed E-state index contributed by atoms with van der Waals surface area (Å²) in [6.45, 7) is 2.75. The number of aryl methyl sites for hydroxylation is 1. The van der Waals surface area contributed by atoms with E-state index in [4.69, 9.17) is 9.47 Å². The highest BCUT2D eigenvalue weighted by molar-refractivity contribution is 6.02. The Hall–Kier alpha value is -4.40. The normalized spacial score (nSPS) is 15.9. The van der Waals surface area contributed by atoms with E-state index in [-0.39, 0.29) is 24.4 Å². The van der Waals surface area contributed by atoms with Gasteiger partial charge in [0.1, 0.15) is 31.3 Å². The zero-order chi connectivity index (χ0) is 27.5. The van der Waals surface area contributed by atoms with Gasteiger partial charge in [-0.2, -0.15) is 0 Å². The molecule has 6 rings (SSSR count). The number of benzene rings is 3. The van der Waals surface area contributed by atoms with E-state index in [1.807, 2.05) is 61.5 Å². The minimum absolute atomic E-state index is 0.0873. The average Bonchev–Trinajstić information content (AvgIpc) is 3.39. The molecule has 9 nitrogen and oxygen atoms in total. The van der Waals surface area contributed by atoms with Crippen molar-refractivity contribution >= 4 is 28.5 Å². The second-order valence-electron chi connectivity index (χ2n) is 10.4. The zero-order valence-corrected chi connectivity index (χ0v) is 22.6. The number of carbonyl (C=O) groups excluding carboxylic acids is 2. The topological polar surface area (TPSA) is 98.6 Å². The van der Waals surface area contributed by atoms with Crippen molar-refractivity contribution in [3.8, 4) is 11.5 Å². The van der Waals surface area contributed by atoms with E-state index in [2.05, 4.69) is 15.6 Å². The number of nitrogens with one attached hydrogen (secondary N) is 1. The molecule has 2 aliphatic rings. The number of anilines is 1. The van der Waals surface area contributed by atoms with Crippen LogP contribution in [0.15, 0.2) is 66.7 Å². The van der Waals surface area contributed by atoms with Gasteiger partial charge in [0.05, 0.1) is 5.52 Å². The molecule has 1 fully saturated rings. The molecule has 1 aliphatic carbocycles. The van der Waals surface area contributed by atoms with Gasteiger partial charge in [-0.05, 0) is 55.2 Å². The van der Waals surface area contributed by atoms with Crippen LogP contribution in [0.2, 0.25) is 0 Å². The Balaban J connectivity index is 1.44. The SMILES string of the molecule is Cc1ccccc1[C@@H](C(=O)NC1CCCCC1)N(C(=O)Cn1nnc2ccccc21)c1ccc2c(c1)OCCO2. The molecule has 1 saturated carbocycles. The van der Waals surface area contributed by atoms with Gasteiger partial charge in [-0.25, -0.2) is 4.68 Å². The molecular formula is C31H33N5O4. The van der Waals surface area contributed by atoms with E-state index in [0.717, 1.165) is 42.3 Å². The smallest absolute Gasteiger partial charge is 0.249 e. The minimum atomic E-state index is -0.895. The molecule has 0 spiro atoms. The first-order valence-electron chi connectivity index (χ1n) is 13.9. The van der Waals surface area contributed by atoms with Crippen LogP contribution in [0.3, 0.4) is 0 Å². The largest absolute Gasteiger partial charge is 0.486 e. The lowest BCUT2D eigenvalue weighted by Gasteiger charge is -2.34. The molecule has 0 saturated heterocycles. The Kier molecular flexibility index (Phi) is 7.35. The highest BCUT2D eigenvalue weighted by Gasteiger charge is 2.36. The number of nitrogens with zero attached hydrogens (tertiary/aromatic N) is 4. The first kappa shape index (κ1) is 25.9. The van der Waals surface area contributed by atoms with E-state index in [1.54, 1.807) is 21.7 Å². The fourth-order valence-corrected chi connectivity index (χ4v) is 5.68. The molecule has 1 aromatic heterocycles. The number of rotatable bonds is 7. The predicted molar refractivity (Wildman–Crippen MR) is 151 cm³/mol. The molecule has 1 aliphatic heterocycles. The van der Waals surface area contributed by atoms with Crippen molar-refractivity contribution in [2.24, 2.45) is 0 Å². The number of para-hydroxylation sites is 1. The maximum Gasteiger partial charge on any atom is 0.249 e. The summed E-state index contributed by atoms with van der Waals surface area (Å²) in [6, 6.07) is 19.8. The highest BCUT2D eigenvalue weighted by Crippen LogP contribution is 2.38. The molecule has 0 bridgehead atoms. The Labute approximate surface area is 233 Å². The predicted octanol–water partition coefficient (Wildman–Crippen LogP) is 4.73. The first-order chi connectivity index (χ1) is 19.6. The number of ether oxygens (including phenoxy) is 2. The summed E-state index contributed by atoms with van der Waals surface area (Å²) in [6.07, 6.45) is 5.24. The fourth-order valence-electron chi connectivity index (χ4n) is 5.68. The lowest BCUT2D eigenvalue weighted by atomic mass is 9.93. The van der Waals surface area contributed by atoms with Gasteiger partial charge in [0.15, 0.2) is 11.5 Å². The van der Waals surface area contributed by atoms with Crippen LogP contribution in [0.4, 0.5) is 5.69 Å². The van der Waals surface area contributed by atoms with Gasteiger partial charge in [-0.3, -0.25) is 14.5 Å². The van der Waals surface area contributed by atoms with Crippen LogP contribution in [0.1, 0.15) is 49.3 Å². The van der Waals surface area contributed by atoms with Crippen LogP contribution in [0.5, 0.6) is 11.5 Å². The number of amides is 2. The van der Waals surface area contributed by atoms with E-state index in [1.165, 1.54) is 6.42 Å². The van der Waals surface area contributed by atoms with Crippen LogP contribution < -0.4 is 19.7 Å². The van der Waals surface area contributed by atoms with Crippen LogP contribution in [0.25, 0.3) is 11.0 Å². The van der Waals surface area contributed by atoms with Crippen LogP contribution in [-0.4, -0.2) is 46.1 Å². The lowest BCUT2D eigenvalue weighted by Crippen LogP contribution is -2.48. The summed E-state index contributed by atoms with van der Waals surface area (Å²) < 4.78 is 13.2. The number of hydrogen-bond donors (Lipinski definition) is 1. The van der Waals surface area contributed by atoms with Crippen molar-refractivity contribution in [1.29, 1.82) is 0 Å². The van der Waals surface area contributed by atoms with Gasteiger partial charge in [-0.15, -0.1) is 5.10 Å². The van der Waals surface area contributed by atoms with Gasteiger partial charge in [0.25, 0.3) is 0 Å².